The minimum atomic E-state index is -0.708. The topological polar surface area (TPSA) is 112 Å². The number of ether oxygens (including phenoxy) is 2. The molecule has 3 rings (SSSR count). The lowest BCUT2D eigenvalue weighted by molar-refractivity contribution is -0.136. The van der Waals surface area contributed by atoms with Crippen molar-refractivity contribution >= 4 is 29.3 Å². The van der Waals surface area contributed by atoms with Crippen LogP contribution < -0.4 is 10.2 Å². The Morgan fingerprint density at radius 2 is 1.85 bits per heavy atom. The first-order valence-electron chi connectivity index (χ1n) is 11.1. The molecular formula is C23H31FN4O6. The fraction of sp³-hybridized carbons (Fsp3) is 0.522. The number of nitrogens with zero attached hydrogens (tertiary/aromatic N) is 3. The zero-order valence-corrected chi connectivity index (χ0v) is 19.9. The van der Waals surface area contributed by atoms with Gasteiger partial charge in [-0.1, -0.05) is 6.07 Å². The molecule has 0 atom stereocenters. The number of esters is 1. The van der Waals surface area contributed by atoms with Crippen LogP contribution in [0.5, 0.6) is 0 Å². The third-order valence-electron chi connectivity index (χ3n) is 5.47. The first-order valence-corrected chi connectivity index (χ1v) is 11.1. The largest absolute Gasteiger partial charge is 0.466 e. The van der Waals surface area contributed by atoms with Crippen LogP contribution >= 0.6 is 0 Å². The molecule has 0 aliphatic carbocycles. The Balaban J connectivity index is 1.82. The average molecular weight is 479 g/mol. The van der Waals surface area contributed by atoms with Gasteiger partial charge in [-0.05, 0) is 32.9 Å². The highest BCUT2D eigenvalue weighted by molar-refractivity contribution is 6.09. The van der Waals surface area contributed by atoms with Crippen LogP contribution in [0.15, 0.2) is 29.5 Å². The molecule has 2 N–H and O–H groups in total. The minimum Gasteiger partial charge on any atom is -0.466 e. The number of hydrogen-bond acceptors (Lipinski definition) is 8. The lowest BCUT2D eigenvalue weighted by Gasteiger charge is -2.37. The van der Waals surface area contributed by atoms with Gasteiger partial charge in [-0.3, -0.25) is 4.79 Å². The van der Waals surface area contributed by atoms with Crippen molar-refractivity contribution in [3.63, 3.8) is 0 Å². The number of aliphatic hydroxyl groups is 1. The molecule has 2 amide bonds. The second-order valence-corrected chi connectivity index (χ2v) is 9.01. The maximum absolute atomic E-state index is 15.0. The number of carbonyl (C=O) groups excluding carboxylic acids is 3. The number of halogens is 1. The predicted octanol–water partition coefficient (Wildman–Crippen LogP) is 1.56. The first-order chi connectivity index (χ1) is 16.1. The Morgan fingerprint density at radius 3 is 2.44 bits per heavy atom. The van der Waals surface area contributed by atoms with E-state index in [-0.39, 0.29) is 36.7 Å². The van der Waals surface area contributed by atoms with Gasteiger partial charge in [0.1, 0.15) is 17.1 Å². The number of benzene rings is 1. The highest BCUT2D eigenvalue weighted by atomic mass is 19.1. The standard InChI is InChI=1S/C23H31FN4O6/c1-23(2,3)34-22(32)27-10-8-26(9-11-27)17-7-5-6-16(24)19(17)25-18-15(21(31)33-4)14-28(12-13-29)20(18)30/h5-7,25,29H,8-14H2,1-4H3. The van der Waals surface area contributed by atoms with Gasteiger partial charge >= 0.3 is 12.1 Å². The molecule has 2 aliphatic heterocycles. The smallest absolute Gasteiger partial charge is 0.410 e. The molecular weight excluding hydrogens is 447 g/mol. The summed E-state index contributed by atoms with van der Waals surface area (Å²) in [5, 5.41) is 12.1. The molecule has 0 spiro atoms. The van der Waals surface area contributed by atoms with Gasteiger partial charge in [-0.15, -0.1) is 0 Å². The highest BCUT2D eigenvalue weighted by Crippen LogP contribution is 2.33. The lowest BCUT2D eigenvalue weighted by Crippen LogP contribution is -2.50. The van der Waals surface area contributed by atoms with Gasteiger partial charge in [-0.2, -0.15) is 0 Å². The van der Waals surface area contributed by atoms with Gasteiger partial charge in [0.25, 0.3) is 5.91 Å². The molecule has 0 radical (unpaired) electrons. The number of β-amino-alcohol motifs (C(OH)–C–C–N with tert-alkyl or cyclic N) is 1. The number of para-hydroxylation sites is 1. The zero-order valence-electron chi connectivity index (χ0n) is 19.9. The third kappa shape index (κ3) is 5.58. The molecule has 0 saturated carbocycles. The molecule has 186 valence electrons. The first kappa shape index (κ1) is 25.3. The number of methoxy groups -OCH3 is 1. The fourth-order valence-corrected chi connectivity index (χ4v) is 3.83. The van der Waals surface area contributed by atoms with E-state index in [9.17, 15) is 23.9 Å². The molecule has 1 aromatic carbocycles. The second-order valence-electron chi connectivity index (χ2n) is 9.01. The van der Waals surface area contributed by atoms with Crippen molar-refractivity contribution in [1.29, 1.82) is 0 Å². The van der Waals surface area contributed by atoms with Gasteiger partial charge in [0.15, 0.2) is 0 Å². The van der Waals surface area contributed by atoms with Crippen molar-refractivity contribution in [3.05, 3.63) is 35.3 Å². The number of nitrogens with one attached hydrogen (secondary N) is 1. The van der Waals surface area contributed by atoms with E-state index < -0.39 is 29.4 Å². The molecule has 10 nitrogen and oxygen atoms in total. The fourth-order valence-electron chi connectivity index (χ4n) is 3.83. The summed E-state index contributed by atoms with van der Waals surface area (Å²) in [5.41, 5.74) is -0.0851. The third-order valence-corrected chi connectivity index (χ3v) is 5.47. The molecule has 34 heavy (non-hydrogen) atoms. The van der Waals surface area contributed by atoms with Crippen molar-refractivity contribution in [3.8, 4) is 0 Å². The zero-order chi connectivity index (χ0) is 25.0. The van der Waals surface area contributed by atoms with Gasteiger partial charge in [-0.25, -0.2) is 14.0 Å². The summed E-state index contributed by atoms with van der Waals surface area (Å²) in [7, 11) is 1.20. The van der Waals surface area contributed by atoms with E-state index >= 15 is 0 Å². The van der Waals surface area contributed by atoms with Gasteiger partial charge in [0, 0.05) is 32.7 Å². The lowest BCUT2D eigenvalue weighted by atomic mass is 10.1. The normalized spacial score (nSPS) is 16.8. The molecule has 1 fully saturated rings. The number of anilines is 2. The monoisotopic (exact) mass is 478 g/mol. The molecule has 2 aliphatic rings. The van der Waals surface area contributed by atoms with Crippen LogP contribution in [-0.4, -0.2) is 91.5 Å². The van der Waals surface area contributed by atoms with Crippen LogP contribution in [0.3, 0.4) is 0 Å². The van der Waals surface area contributed by atoms with Crippen molar-refractivity contribution in [2.75, 3.05) is 63.2 Å². The number of piperazine rings is 1. The van der Waals surface area contributed by atoms with Crippen LogP contribution in [0.4, 0.5) is 20.6 Å². The second kappa shape index (κ2) is 10.3. The average Bonchev–Trinajstić information content (AvgIpc) is 3.09. The summed E-state index contributed by atoms with van der Waals surface area (Å²) < 4.78 is 25.2. The summed E-state index contributed by atoms with van der Waals surface area (Å²) in [6, 6.07) is 4.52. The van der Waals surface area contributed by atoms with E-state index in [0.717, 1.165) is 0 Å². The van der Waals surface area contributed by atoms with Crippen LogP contribution in [-0.2, 0) is 19.1 Å². The number of aliphatic hydroxyl groups excluding tert-OH is 1. The number of hydrogen-bond donors (Lipinski definition) is 2. The van der Waals surface area contributed by atoms with Crippen molar-refractivity contribution < 1.29 is 33.4 Å². The van der Waals surface area contributed by atoms with Gasteiger partial charge in [0.05, 0.1) is 37.2 Å². The molecule has 1 aromatic rings. The van der Waals surface area contributed by atoms with Crippen LogP contribution in [0.1, 0.15) is 20.8 Å². The minimum absolute atomic E-state index is 0.0290. The maximum atomic E-state index is 15.0. The molecule has 0 aromatic heterocycles. The Kier molecular flexibility index (Phi) is 7.65. The number of carbonyl (C=O) groups is 3. The SMILES string of the molecule is COC(=O)C1=C(Nc2c(F)cccc2N2CCN(C(=O)OC(C)(C)C)CC2)C(=O)N(CCO)C1. The van der Waals surface area contributed by atoms with Crippen LogP contribution in [0, 0.1) is 5.82 Å². The Bertz CT molecular complexity index is 982. The van der Waals surface area contributed by atoms with Crippen molar-refractivity contribution in [2.24, 2.45) is 0 Å². The Labute approximate surface area is 197 Å². The summed E-state index contributed by atoms with van der Waals surface area (Å²) >= 11 is 0. The predicted molar refractivity (Wildman–Crippen MR) is 123 cm³/mol. The highest BCUT2D eigenvalue weighted by Gasteiger charge is 2.36. The van der Waals surface area contributed by atoms with E-state index in [2.05, 4.69) is 5.32 Å². The maximum Gasteiger partial charge on any atom is 0.410 e. The molecule has 11 heteroatoms. The van der Waals surface area contributed by atoms with Crippen LogP contribution in [0.25, 0.3) is 0 Å². The quantitative estimate of drug-likeness (QED) is 0.593. The van der Waals surface area contributed by atoms with Gasteiger partial charge in [0.2, 0.25) is 0 Å². The molecule has 0 bridgehead atoms. The van der Waals surface area contributed by atoms with Gasteiger partial charge < -0.3 is 34.6 Å². The van der Waals surface area contributed by atoms with E-state index in [4.69, 9.17) is 9.47 Å². The van der Waals surface area contributed by atoms with Crippen molar-refractivity contribution in [2.45, 2.75) is 26.4 Å². The Morgan fingerprint density at radius 1 is 1.18 bits per heavy atom. The molecule has 0 unspecified atom stereocenters. The van der Waals surface area contributed by atoms with Crippen molar-refractivity contribution in [1.82, 2.24) is 9.80 Å². The molecule has 2 heterocycles. The van der Waals surface area contributed by atoms with E-state index in [1.807, 2.05) is 4.90 Å². The summed E-state index contributed by atoms with van der Waals surface area (Å²) in [4.78, 5) is 42.3. The van der Waals surface area contributed by atoms with E-state index in [0.29, 0.717) is 31.9 Å². The van der Waals surface area contributed by atoms with E-state index in [1.54, 1.807) is 37.8 Å². The Hall–Kier alpha value is -3.34. The van der Waals surface area contributed by atoms with E-state index in [1.165, 1.54) is 18.1 Å². The number of rotatable bonds is 6. The number of amides is 2. The summed E-state index contributed by atoms with van der Waals surface area (Å²) in [6.07, 6.45) is -0.404. The summed E-state index contributed by atoms with van der Waals surface area (Å²) in [6.45, 7) is 6.71. The molecule has 1 saturated heterocycles. The summed E-state index contributed by atoms with van der Waals surface area (Å²) in [5.74, 6) is -1.84. The van der Waals surface area contributed by atoms with Crippen LogP contribution in [0.2, 0.25) is 0 Å².